The second kappa shape index (κ2) is 3.97. The summed E-state index contributed by atoms with van der Waals surface area (Å²) in [4.78, 5) is 4.47. The van der Waals surface area contributed by atoms with Gasteiger partial charge in [0.15, 0.2) is 5.65 Å². The lowest BCUT2D eigenvalue weighted by Gasteiger charge is -2.07. The molecule has 0 aliphatic rings. The summed E-state index contributed by atoms with van der Waals surface area (Å²) in [6, 6.07) is 16.2. The third kappa shape index (κ3) is 1.46. The van der Waals surface area contributed by atoms with E-state index in [1.54, 1.807) is 0 Å². The van der Waals surface area contributed by atoms with Crippen molar-refractivity contribution in [1.29, 1.82) is 5.26 Å². The van der Waals surface area contributed by atoms with Crippen LogP contribution in [0.5, 0.6) is 0 Å². The number of anilines is 1. The number of aryl methyl sites for hydroxylation is 1. The molecule has 4 nitrogen and oxygen atoms in total. The summed E-state index contributed by atoms with van der Waals surface area (Å²) in [5.74, 6) is 0.459. The highest BCUT2D eigenvalue weighted by Crippen LogP contribution is 2.31. The van der Waals surface area contributed by atoms with Crippen LogP contribution in [0.25, 0.3) is 27.5 Å². The maximum absolute atomic E-state index is 9.49. The van der Waals surface area contributed by atoms with Gasteiger partial charge in [-0.2, -0.15) is 5.26 Å². The first-order chi connectivity index (χ1) is 10.2. The molecule has 2 aromatic carbocycles. The molecule has 0 aliphatic heterocycles. The molecule has 0 spiro atoms. The second-order valence-electron chi connectivity index (χ2n) is 5.18. The molecule has 2 N–H and O–H groups in total. The van der Waals surface area contributed by atoms with Crippen molar-refractivity contribution in [3.63, 3.8) is 0 Å². The van der Waals surface area contributed by atoms with E-state index in [-0.39, 0.29) is 0 Å². The number of aromatic nitrogens is 2. The molecule has 21 heavy (non-hydrogen) atoms. The third-order valence-corrected chi connectivity index (χ3v) is 3.86. The van der Waals surface area contributed by atoms with Gasteiger partial charge in [0, 0.05) is 10.8 Å². The Hall–Kier alpha value is -3.06. The van der Waals surface area contributed by atoms with E-state index in [2.05, 4.69) is 11.1 Å². The van der Waals surface area contributed by atoms with Crippen LogP contribution < -0.4 is 5.73 Å². The number of rotatable bonds is 0. The van der Waals surface area contributed by atoms with Crippen molar-refractivity contribution in [3.8, 4) is 6.07 Å². The van der Waals surface area contributed by atoms with Crippen molar-refractivity contribution in [2.24, 2.45) is 0 Å². The predicted octanol–water partition coefficient (Wildman–Crippen LogP) is 3.40. The first-order valence-electron chi connectivity index (χ1n) is 6.70. The summed E-state index contributed by atoms with van der Waals surface area (Å²) in [6.45, 7) is 2.03. The van der Waals surface area contributed by atoms with Gasteiger partial charge in [0.25, 0.3) is 0 Å². The number of fused-ring (bicyclic) bond motifs is 5. The molecule has 4 rings (SSSR count). The van der Waals surface area contributed by atoms with E-state index in [9.17, 15) is 5.26 Å². The number of nitriles is 1. The Bertz CT molecular complexity index is 1070. The number of benzene rings is 2. The molecule has 0 bridgehead atoms. The normalized spacial score (nSPS) is 11.2. The Morgan fingerprint density at radius 1 is 1.10 bits per heavy atom. The molecular weight excluding hydrogens is 260 g/mol. The largest absolute Gasteiger partial charge is 0.383 e. The van der Waals surface area contributed by atoms with E-state index in [1.807, 2.05) is 53.8 Å². The molecule has 0 saturated heterocycles. The molecule has 2 aromatic heterocycles. The highest BCUT2D eigenvalue weighted by atomic mass is 15.0. The lowest BCUT2D eigenvalue weighted by atomic mass is 10.1. The van der Waals surface area contributed by atoms with Crippen LogP contribution in [-0.2, 0) is 0 Å². The molecule has 2 heterocycles. The first kappa shape index (κ1) is 11.7. The quantitative estimate of drug-likeness (QED) is 0.533. The maximum Gasteiger partial charge on any atom is 0.158 e. The summed E-state index contributed by atoms with van der Waals surface area (Å²) >= 11 is 0. The van der Waals surface area contributed by atoms with E-state index in [0.717, 1.165) is 27.4 Å². The molecule has 0 atom stereocenters. The average Bonchev–Trinajstić information content (AvgIpc) is 2.81. The second-order valence-corrected chi connectivity index (χ2v) is 5.18. The van der Waals surface area contributed by atoms with Gasteiger partial charge in [-0.1, -0.05) is 29.8 Å². The Kier molecular flexibility index (Phi) is 2.22. The first-order valence-corrected chi connectivity index (χ1v) is 6.70. The van der Waals surface area contributed by atoms with Crippen molar-refractivity contribution in [2.45, 2.75) is 6.92 Å². The molecule has 0 amide bonds. The number of hydrogen-bond donors (Lipinski definition) is 1. The van der Waals surface area contributed by atoms with Crippen LogP contribution >= 0.6 is 0 Å². The highest BCUT2D eigenvalue weighted by Gasteiger charge is 2.16. The Morgan fingerprint density at radius 2 is 1.86 bits per heavy atom. The van der Waals surface area contributed by atoms with Gasteiger partial charge in [0.05, 0.1) is 11.0 Å². The van der Waals surface area contributed by atoms with Gasteiger partial charge in [0.1, 0.15) is 17.5 Å². The molecule has 0 fully saturated rings. The lowest BCUT2D eigenvalue weighted by Crippen LogP contribution is -1.99. The molecule has 4 aromatic rings. The smallest absolute Gasteiger partial charge is 0.158 e. The van der Waals surface area contributed by atoms with Crippen LogP contribution in [0, 0.1) is 18.3 Å². The Morgan fingerprint density at radius 3 is 2.67 bits per heavy atom. The monoisotopic (exact) mass is 272 g/mol. The van der Waals surface area contributed by atoms with Crippen molar-refractivity contribution in [3.05, 3.63) is 53.6 Å². The van der Waals surface area contributed by atoms with Gasteiger partial charge in [0.2, 0.25) is 0 Å². The van der Waals surface area contributed by atoms with Crippen LogP contribution in [0.3, 0.4) is 0 Å². The molecular formula is C17H12N4. The molecule has 0 radical (unpaired) electrons. The number of hydrogen-bond acceptors (Lipinski definition) is 3. The minimum atomic E-state index is 0.459. The average molecular weight is 272 g/mol. The van der Waals surface area contributed by atoms with E-state index >= 15 is 0 Å². The van der Waals surface area contributed by atoms with E-state index in [4.69, 9.17) is 5.73 Å². The van der Waals surface area contributed by atoms with Crippen LogP contribution in [0.15, 0.2) is 42.5 Å². The van der Waals surface area contributed by atoms with E-state index in [1.165, 1.54) is 0 Å². The Balaban J connectivity index is 2.40. The molecule has 0 unspecified atom stereocenters. The minimum absolute atomic E-state index is 0.459. The number of nitrogen functional groups attached to an aromatic ring is 1. The summed E-state index contributed by atoms with van der Waals surface area (Å²) < 4.78 is 2.01. The minimum Gasteiger partial charge on any atom is -0.383 e. The van der Waals surface area contributed by atoms with Gasteiger partial charge >= 0.3 is 0 Å². The number of nitrogens with two attached hydrogens (primary N) is 1. The zero-order valence-corrected chi connectivity index (χ0v) is 11.5. The highest BCUT2D eigenvalue weighted by molar-refractivity contribution is 6.01. The van der Waals surface area contributed by atoms with Gasteiger partial charge < -0.3 is 5.73 Å². The SMILES string of the molecule is Cc1ccc2c(c1)c(N)nc1c(C#N)c3ccccc3n12. The zero-order chi connectivity index (χ0) is 14.6. The van der Waals surface area contributed by atoms with Gasteiger partial charge in [-0.15, -0.1) is 0 Å². The summed E-state index contributed by atoms with van der Waals surface area (Å²) in [5, 5.41) is 11.3. The molecule has 4 heteroatoms. The summed E-state index contributed by atoms with van der Waals surface area (Å²) in [5.41, 5.74) is 10.4. The van der Waals surface area contributed by atoms with E-state index < -0.39 is 0 Å². The molecule has 100 valence electrons. The fourth-order valence-electron chi connectivity index (χ4n) is 2.91. The van der Waals surface area contributed by atoms with Crippen LogP contribution in [0.1, 0.15) is 11.1 Å². The maximum atomic E-state index is 9.49. The predicted molar refractivity (Wildman–Crippen MR) is 84.1 cm³/mol. The van der Waals surface area contributed by atoms with Gasteiger partial charge in [-0.3, -0.25) is 4.40 Å². The topological polar surface area (TPSA) is 67.1 Å². The lowest BCUT2D eigenvalue weighted by molar-refractivity contribution is 1.23. The fourth-order valence-corrected chi connectivity index (χ4v) is 2.91. The number of nitrogens with zero attached hydrogens (tertiary/aromatic N) is 3. The van der Waals surface area contributed by atoms with Crippen LogP contribution in [0.2, 0.25) is 0 Å². The van der Waals surface area contributed by atoms with E-state index in [0.29, 0.717) is 17.0 Å². The van der Waals surface area contributed by atoms with Gasteiger partial charge in [-0.05, 0) is 25.1 Å². The standard InChI is InChI=1S/C17H12N4/c1-10-6-7-15-12(8-10)16(19)20-17-13(9-18)11-4-2-3-5-14(11)21(15)17/h2-8H,1H3,(H2,19,20). The van der Waals surface area contributed by atoms with Crippen molar-refractivity contribution >= 4 is 33.3 Å². The van der Waals surface area contributed by atoms with Crippen LogP contribution in [0.4, 0.5) is 5.82 Å². The van der Waals surface area contributed by atoms with Gasteiger partial charge in [-0.25, -0.2) is 4.98 Å². The zero-order valence-electron chi connectivity index (χ0n) is 11.5. The Labute approximate surface area is 121 Å². The summed E-state index contributed by atoms with van der Waals surface area (Å²) in [6.07, 6.45) is 0. The van der Waals surface area contributed by atoms with Crippen molar-refractivity contribution in [1.82, 2.24) is 9.38 Å². The van der Waals surface area contributed by atoms with Crippen molar-refractivity contribution in [2.75, 3.05) is 5.73 Å². The number of para-hydroxylation sites is 1. The molecule has 0 saturated carbocycles. The summed E-state index contributed by atoms with van der Waals surface area (Å²) in [7, 11) is 0. The van der Waals surface area contributed by atoms with Crippen LogP contribution in [-0.4, -0.2) is 9.38 Å². The third-order valence-electron chi connectivity index (χ3n) is 3.86. The van der Waals surface area contributed by atoms with Crippen molar-refractivity contribution < 1.29 is 0 Å². The fraction of sp³-hybridized carbons (Fsp3) is 0.0588. The molecule has 0 aliphatic carbocycles.